The first kappa shape index (κ1) is 15.9. The minimum Gasteiger partial charge on any atom is -0.310 e. The molecule has 2 rings (SSSR count). The lowest BCUT2D eigenvalue weighted by Gasteiger charge is -2.19. The van der Waals surface area contributed by atoms with Crippen LogP contribution >= 0.6 is 11.6 Å². The van der Waals surface area contributed by atoms with Crippen LogP contribution in [0, 0.1) is 17.5 Å². The van der Waals surface area contributed by atoms with Crippen LogP contribution < -0.4 is 5.32 Å². The molecule has 0 aromatic heterocycles. The Labute approximate surface area is 126 Å². The van der Waals surface area contributed by atoms with E-state index in [0.29, 0.717) is 18.0 Å². The Kier molecular flexibility index (Phi) is 5.26. The maximum Gasteiger partial charge on any atom is 0.194 e. The Hall–Kier alpha value is -1.52. The lowest BCUT2D eigenvalue weighted by atomic mass is 9.98. The molecule has 2 aromatic carbocycles. The van der Waals surface area contributed by atoms with E-state index in [-0.39, 0.29) is 5.56 Å². The van der Waals surface area contributed by atoms with Crippen LogP contribution in [0.2, 0.25) is 5.02 Å². The summed E-state index contributed by atoms with van der Waals surface area (Å²) in [6.45, 7) is 2.45. The summed E-state index contributed by atoms with van der Waals surface area (Å²) in [6.07, 6.45) is 0.451. The van der Waals surface area contributed by atoms with Crippen molar-refractivity contribution in [3.63, 3.8) is 0 Å². The molecule has 2 aromatic rings. The third-order valence-electron chi connectivity index (χ3n) is 3.24. The van der Waals surface area contributed by atoms with Crippen molar-refractivity contribution in [3.8, 4) is 0 Å². The average Bonchev–Trinajstić information content (AvgIpc) is 2.47. The largest absolute Gasteiger partial charge is 0.310 e. The van der Waals surface area contributed by atoms with Gasteiger partial charge in [-0.05, 0) is 36.7 Å². The van der Waals surface area contributed by atoms with Gasteiger partial charge in [-0.2, -0.15) is 0 Å². The maximum atomic E-state index is 13.9. The molecule has 0 aliphatic rings. The molecule has 1 N–H and O–H groups in total. The van der Waals surface area contributed by atoms with Crippen LogP contribution in [-0.2, 0) is 6.42 Å². The zero-order valence-electron chi connectivity index (χ0n) is 11.5. The van der Waals surface area contributed by atoms with Crippen molar-refractivity contribution in [2.75, 3.05) is 6.54 Å². The van der Waals surface area contributed by atoms with E-state index in [2.05, 4.69) is 5.32 Å². The van der Waals surface area contributed by atoms with Crippen LogP contribution in [0.25, 0.3) is 0 Å². The Morgan fingerprint density at radius 3 is 2.29 bits per heavy atom. The highest BCUT2D eigenvalue weighted by Crippen LogP contribution is 2.25. The average molecular weight is 314 g/mol. The number of halogens is 4. The highest BCUT2D eigenvalue weighted by molar-refractivity contribution is 6.30. The molecule has 112 valence electrons. The van der Waals surface area contributed by atoms with E-state index in [1.807, 2.05) is 19.1 Å². The van der Waals surface area contributed by atoms with Crippen LogP contribution in [-0.4, -0.2) is 6.54 Å². The zero-order chi connectivity index (χ0) is 15.4. The molecule has 1 nitrogen and oxygen atoms in total. The van der Waals surface area contributed by atoms with Gasteiger partial charge in [-0.15, -0.1) is 0 Å². The second-order valence-electron chi connectivity index (χ2n) is 4.71. The number of benzene rings is 2. The van der Waals surface area contributed by atoms with Gasteiger partial charge >= 0.3 is 0 Å². The molecule has 0 aliphatic carbocycles. The lowest BCUT2D eigenvalue weighted by molar-refractivity contribution is 0.425. The SMILES string of the molecule is CCNC(Cc1ccc(Cl)cc1)c1ccc(F)c(F)c1F. The monoisotopic (exact) mass is 313 g/mol. The highest BCUT2D eigenvalue weighted by atomic mass is 35.5. The molecule has 0 heterocycles. The maximum absolute atomic E-state index is 13.9. The predicted molar refractivity (Wildman–Crippen MR) is 77.9 cm³/mol. The summed E-state index contributed by atoms with van der Waals surface area (Å²) in [6, 6.07) is 8.90. The minimum atomic E-state index is -1.44. The molecule has 0 aliphatic heterocycles. The third kappa shape index (κ3) is 3.77. The summed E-state index contributed by atoms with van der Waals surface area (Å²) in [4.78, 5) is 0. The summed E-state index contributed by atoms with van der Waals surface area (Å²) in [5.41, 5.74) is 1.04. The van der Waals surface area contributed by atoms with E-state index in [9.17, 15) is 13.2 Å². The second kappa shape index (κ2) is 6.96. The predicted octanol–water partition coefficient (Wildman–Crippen LogP) is 4.65. The van der Waals surface area contributed by atoms with Gasteiger partial charge in [0.2, 0.25) is 0 Å². The zero-order valence-corrected chi connectivity index (χ0v) is 12.2. The number of rotatable bonds is 5. The standard InChI is InChI=1S/C16H15ClF3N/c1-2-21-14(9-10-3-5-11(17)6-4-10)12-7-8-13(18)16(20)15(12)19/h3-8,14,21H,2,9H2,1H3. The Morgan fingerprint density at radius 1 is 1.00 bits per heavy atom. The molecule has 0 saturated carbocycles. The fourth-order valence-corrected chi connectivity index (χ4v) is 2.33. The van der Waals surface area contributed by atoms with Crippen molar-refractivity contribution in [1.29, 1.82) is 0 Å². The normalized spacial score (nSPS) is 12.4. The fraction of sp³-hybridized carbons (Fsp3) is 0.250. The quantitative estimate of drug-likeness (QED) is 0.792. The summed E-state index contributed by atoms with van der Waals surface area (Å²) in [7, 11) is 0. The Morgan fingerprint density at radius 2 is 1.67 bits per heavy atom. The lowest BCUT2D eigenvalue weighted by Crippen LogP contribution is -2.24. The van der Waals surface area contributed by atoms with Gasteiger partial charge in [0.1, 0.15) is 0 Å². The summed E-state index contributed by atoms with van der Waals surface area (Å²) >= 11 is 5.82. The molecule has 0 saturated heterocycles. The molecule has 5 heteroatoms. The second-order valence-corrected chi connectivity index (χ2v) is 5.14. The summed E-state index contributed by atoms with van der Waals surface area (Å²) in [5.74, 6) is -3.76. The first-order chi connectivity index (χ1) is 10.0. The van der Waals surface area contributed by atoms with Crippen molar-refractivity contribution < 1.29 is 13.2 Å². The molecule has 1 atom stereocenters. The van der Waals surface area contributed by atoms with Crippen molar-refractivity contribution in [2.45, 2.75) is 19.4 Å². The van der Waals surface area contributed by atoms with E-state index in [1.54, 1.807) is 12.1 Å². The first-order valence-corrected chi connectivity index (χ1v) is 7.02. The van der Waals surface area contributed by atoms with Gasteiger partial charge in [-0.1, -0.05) is 36.7 Å². The molecule has 0 fully saturated rings. The van der Waals surface area contributed by atoms with E-state index < -0.39 is 23.5 Å². The first-order valence-electron chi connectivity index (χ1n) is 6.64. The van der Waals surface area contributed by atoms with E-state index in [0.717, 1.165) is 11.6 Å². The van der Waals surface area contributed by atoms with Crippen molar-refractivity contribution in [3.05, 3.63) is 70.0 Å². The molecule has 21 heavy (non-hydrogen) atoms. The summed E-state index contributed by atoms with van der Waals surface area (Å²) < 4.78 is 40.3. The van der Waals surface area contributed by atoms with Gasteiger partial charge in [-0.3, -0.25) is 0 Å². The Bertz CT molecular complexity index is 614. The van der Waals surface area contributed by atoms with Crippen molar-refractivity contribution in [2.24, 2.45) is 0 Å². The van der Waals surface area contributed by atoms with Crippen LogP contribution in [0.5, 0.6) is 0 Å². The molecule has 0 amide bonds. The van der Waals surface area contributed by atoms with Gasteiger partial charge < -0.3 is 5.32 Å². The van der Waals surface area contributed by atoms with Crippen LogP contribution in [0.4, 0.5) is 13.2 Å². The smallest absolute Gasteiger partial charge is 0.194 e. The minimum absolute atomic E-state index is 0.116. The van der Waals surface area contributed by atoms with Gasteiger partial charge in [0, 0.05) is 16.6 Å². The van der Waals surface area contributed by atoms with Gasteiger partial charge in [0.15, 0.2) is 17.5 Å². The third-order valence-corrected chi connectivity index (χ3v) is 3.50. The fourth-order valence-electron chi connectivity index (χ4n) is 2.20. The molecular formula is C16H15ClF3N. The highest BCUT2D eigenvalue weighted by Gasteiger charge is 2.20. The molecule has 0 radical (unpaired) electrons. The van der Waals surface area contributed by atoms with E-state index >= 15 is 0 Å². The van der Waals surface area contributed by atoms with Crippen LogP contribution in [0.1, 0.15) is 24.1 Å². The molecule has 0 bridgehead atoms. The Balaban J connectivity index is 2.30. The number of hydrogen-bond donors (Lipinski definition) is 1. The van der Waals surface area contributed by atoms with Gasteiger partial charge in [-0.25, -0.2) is 13.2 Å². The molecular weight excluding hydrogens is 299 g/mol. The molecule has 1 unspecified atom stereocenters. The topological polar surface area (TPSA) is 12.0 Å². The van der Waals surface area contributed by atoms with E-state index in [4.69, 9.17) is 11.6 Å². The number of likely N-dealkylation sites (N-methyl/N-ethyl adjacent to an activating group) is 1. The summed E-state index contributed by atoms with van der Waals surface area (Å²) in [5, 5.41) is 3.70. The number of hydrogen-bond acceptors (Lipinski definition) is 1. The van der Waals surface area contributed by atoms with Gasteiger partial charge in [0.05, 0.1) is 0 Å². The molecule has 0 spiro atoms. The number of nitrogens with one attached hydrogen (secondary N) is 1. The van der Waals surface area contributed by atoms with Crippen LogP contribution in [0.15, 0.2) is 36.4 Å². The van der Waals surface area contributed by atoms with Crippen molar-refractivity contribution in [1.82, 2.24) is 5.32 Å². The van der Waals surface area contributed by atoms with Crippen molar-refractivity contribution >= 4 is 11.6 Å². The van der Waals surface area contributed by atoms with Crippen LogP contribution in [0.3, 0.4) is 0 Å². The van der Waals surface area contributed by atoms with E-state index in [1.165, 1.54) is 6.07 Å². The van der Waals surface area contributed by atoms with Gasteiger partial charge in [0.25, 0.3) is 0 Å².